The van der Waals surface area contributed by atoms with Crippen molar-refractivity contribution in [3.8, 4) is 0 Å². The van der Waals surface area contributed by atoms with E-state index in [9.17, 15) is 9.36 Å². The Hall–Kier alpha value is -1.42. The van der Waals surface area contributed by atoms with Crippen molar-refractivity contribution < 1.29 is 23.1 Å². The molecule has 0 N–H and O–H groups in total. The predicted molar refractivity (Wildman–Crippen MR) is 74.2 cm³/mol. The summed E-state index contributed by atoms with van der Waals surface area (Å²) in [6.45, 7) is 3.78. The maximum Gasteiger partial charge on any atom is 0.368 e. The average molecular weight is 296 g/mol. The van der Waals surface area contributed by atoms with E-state index in [1.807, 2.05) is 30.3 Å². The van der Waals surface area contributed by atoms with Gasteiger partial charge in [-0.1, -0.05) is 30.3 Å². The zero-order valence-electron chi connectivity index (χ0n) is 11.4. The molecule has 1 atom stereocenters. The first kappa shape index (κ1) is 15.0. The van der Waals surface area contributed by atoms with Crippen LogP contribution in [0.15, 0.2) is 41.7 Å². The zero-order chi connectivity index (χ0) is 14.6. The van der Waals surface area contributed by atoms with E-state index in [-0.39, 0.29) is 18.5 Å². The Morgan fingerprint density at radius 2 is 1.75 bits per heavy atom. The van der Waals surface area contributed by atoms with Gasteiger partial charge < -0.3 is 13.8 Å². The van der Waals surface area contributed by atoms with E-state index in [0.717, 1.165) is 5.56 Å². The van der Waals surface area contributed by atoms with Crippen LogP contribution in [0.3, 0.4) is 0 Å². The Morgan fingerprint density at radius 3 is 2.30 bits per heavy atom. The first-order valence-electron chi connectivity index (χ1n) is 6.48. The van der Waals surface area contributed by atoms with Crippen molar-refractivity contribution in [1.29, 1.82) is 0 Å². The first-order chi connectivity index (χ1) is 9.60. The summed E-state index contributed by atoms with van der Waals surface area (Å²) >= 11 is 0. The smallest absolute Gasteiger partial charge is 0.368 e. The van der Waals surface area contributed by atoms with E-state index in [0.29, 0.717) is 0 Å². The van der Waals surface area contributed by atoms with Gasteiger partial charge in [-0.05, 0) is 25.5 Å². The van der Waals surface area contributed by atoms with Gasteiger partial charge in [0.15, 0.2) is 0 Å². The van der Waals surface area contributed by atoms with Crippen molar-refractivity contribution in [2.45, 2.75) is 20.0 Å². The molecular weight excluding hydrogens is 279 g/mol. The number of esters is 1. The number of cyclic esters (lactones) is 1. The largest absolute Gasteiger partial charge is 0.449 e. The molecule has 108 valence electrons. The third-order valence-corrected chi connectivity index (χ3v) is 4.89. The van der Waals surface area contributed by atoms with E-state index < -0.39 is 19.7 Å². The minimum absolute atomic E-state index is 0.0185. The summed E-state index contributed by atoms with van der Waals surface area (Å²) < 4.78 is 28.2. The Bertz CT molecular complexity index is 542. The van der Waals surface area contributed by atoms with Crippen molar-refractivity contribution >= 4 is 13.6 Å². The van der Waals surface area contributed by atoms with Crippen LogP contribution in [0.2, 0.25) is 0 Å². The summed E-state index contributed by atoms with van der Waals surface area (Å²) in [4.78, 5) is 11.9. The Morgan fingerprint density at radius 1 is 1.15 bits per heavy atom. The molecule has 2 rings (SSSR count). The second-order valence-corrected chi connectivity index (χ2v) is 6.11. The van der Waals surface area contributed by atoms with Gasteiger partial charge in [-0.2, -0.15) is 0 Å². The highest BCUT2D eigenvalue weighted by Crippen LogP contribution is 2.58. The number of hydrogen-bond donors (Lipinski definition) is 0. The van der Waals surface area contributed by atoms with Gasteiger partial charge in [-0.3, -0.25) is 4.57 Å². The van der Waals surface area contributed by atoms with Crippen LogP contribution in [-0.4, -0.2) is 19.2 Å². The summed E-state index contributed by atoms with van der Waals surface area (Å²) in [7, 11) is -3.59. The van der Waals surface area contributed by atoms with Gasteiger partial charge in [-0.25, -0.2) is 4.79 Å². The van der Waals surface area contributed by atoms with Gasteiger partial charge >= 0.3 is 13.6 Å². The standard InChI is InChI=1S/C14H17O5P/c1-3-17-20(16,18-4-2)13-10-12(19-14(13)15)11-8-6-5-7-9-11/h5-10,12H,3-4H2,1-2H3. The van der Waals surface area contributed by atoms with Crippen molar-refractivity contribution in [3.63, 3.8) is 0 Å². The summed E-state index contributed by atoms with van der Waals surface area (Å²) in [5, 5.41) is -0.0185. The molecule has 1 heterocycles. The molecule has 0 fully saturated rings. The minimum Gasteiger partial charge on any atom is -0.449 e. The van der Waals surface area contributed by atoms with Gasteiger partial charge in [-0.15, -0.1) is 0 Å². The number of carbonyl (C=O) groups is 1. The van der Waals surface area contributed by atoms with Crippen LogP contribution in [0.1, 0.15) is 25.5 Å². The molecule has 1 unspecified atom stereocenters. The number of ether oxygens (including phenoxy) is 1. The molecule has 0 saturated heterocycles. The van der Waals surface area contributed by atoms with Crippen LogP contribution < -0.4 is 0 Å². The van der Waals surface area contributed by atoms with E-state index in [1.54, 1.807) is 13.8 Å². The minimum atomic E-state index is -3.59. The summed E-state index contributed by atoms with van der Waals surface area (Å²) in [6.07, 6.45) is 0.969. The summed E-state index contributed by atoms with van der Waals surface area (Å²) in [6, 6.07) is 9.24. The lowest BCUT2D eigenvalue weighted by Gasteiger charge is -2.15. The Labute approximate surface area is 118 Å². The lowest BCUT2D eigenvalue weighted by molar-refractivity contribution is -0.139. The van der Waals surface area contributed by atoms with Crippen molar-refractivity contribution in [2.75, 3.05) is 13.2 Å². The molecule has 1 aromatic carbocycles. The fraction of sp³-hybridized carbons (Fsp3) is 0.357. The van der Waals surface area contributed by atoms with Crippen molar-refractivity contribution in [3.05, 3.63) is 47.3 Å². The van der Waals surface area contributed by atoms with Crippen LogP contribution in [0.5, 0.6) is 0 Å². The fourth-order valence-electron chi connectivity index (χ4n) is 1.95. The molecule has 1 aliphatic heterocycles. The van der Waals surface area contributed by atoms with E-state index in [1.165, 1.54) is 6.08 Å². The lowest BCUT2D eigenvalue weighted by atomic mass is 10.1. The highest BCUT2D eigenvalue weighted by Gasteiger charge is 2.41. The van der Waals surface area contributed by atoms with Gasteiger partial charge in [0.05, 0.1) is 13.2 Å². The maximum absolute atomic E-state index is 12.6. The average Bonchev–Trinajstić information content (AvgIpc) is 2.83. The topological polar surface area (TPSA) is 61.8 Å². The lowest BCUT2D eigenvalue weighted by Crippen LogP contribution is -2.06. The number of carbonyl (C=O) groups excluding carboxylic acids is 1. The van der Waals surface area contributed by atoms with Gasteiger partial charge in [0.25, 0.3) is 0 Å². The zero-order valence-corrected chi connectivity index (χ0v) is 12.3. The van der Waals surface area contributed by atoms with Crippen LogP contribution in [0, 0.1) is 0 Å². The molecule has 0 spiro atoms. The maximum atomic E-state index is 12.6. The molecule has 0 saturated carbocycles. The normalized spacial score (nSPS) is 18.8. The van der Waals surface area contributed by atoms with Crippen LogP contribution in [-0.2, 0) is 23.1 Å². The molecule has 0 bridgehead atoms. The highest BCUT2D eigenvalue weighted by molar-refractivity contribution is 7.60. The molecule has 1 aliphatic rings. The third-order valence-electron chi connectivity index (χ3n) is 2.77. The second kappa shape index (κ2) is 6.35. The molecule has 5 nitrogen and oxygen atoms in total. The molecule has 0 radical (unpaired) electrons. The van der Waals surface area contributed by atoms with E-state index in [4.69, 9.17) is 13.8 Å². The van der Waals surface area contributed by atoms with Gasteiger partial charge in [0.2, 0.25) is 0 Å². The monoisotopic (exact) mass is 296 g/mol. The second-order valence-electron chi connectivity index (χ2n) is 4.12. The third kappa shape index (κ3) is 3.01. The van der Waals surface area contributed by atoms with Crippen LogP contribution in [0.4, 0.5) is 0 Å². The van der Waals surface area contributed by atoms with E-state index in [2.05, 4.69) is 0 Å². The number of rotatable bonds is 6. The predicted octanol–water partition coefficient (Wildman–Crippen LogP) is 3.43. The Kier molecular flexibility index (Phi) is 4.76. The number of benzene rings is 1. The molecular formula is C14H17O5P. The van der Waals surface area contributed by atoms with E-state index >= 15 is 0 Å². The fourth-order valence-corrected chi connectivity index (χ4v) is 3.57. The van der Waals surface area contributed by atoms with Crippen molar-refractivity contribution in [1.82, 2.24) is 0 Å². The molecule has 6 heteroatoms. The molecule has 0 aromatic heterocycles. The van der Waals surface area contributed by atoms with Gasteiger partial charge in [0.1, 0.15) is 11.4 Å². The quantitative estimate of drug-likeness (QED) is 0.594. The summed E-state index contributed by atoms with van der Waals surface area (Å²) in [5.74, 6) is -0.649. The number of hydrogen-bond acceptors (Lipinski definition) is 5. The van der Waals surface area contributed by atoms with Crippen LogP contribution >= 0.6 is 7.60 Å². The SMILES string of the molecule is CCOP(=O)(OCC)C1=CC(c2ccccc2)OC1=O. The van der Waals surface area contributed by atoms with Crippen LogP contribution in [0.25, 0.3) is 0 Å². The first-order valence-corrected chi connectivity index (χ1v) is 8.02. The molecule has 0 amide bonds. The molecule has 1 aromatic rings. The Balaban J connectivity index is 2.31. The highest BCUT2D eigenvalue weighted by atomic mass is 31.2. The molecule has 0 aliphatic carbocycles. The van der Waals surface area contributed by atoms with Gasteiger partial charge in [0, 0.05) is 0 Å². The molecule has 20 heavy (non-hydrogen) atoms. The summed E-state index contributed by atoms with van der Waals surface area (Å²) in [5.41, 5.74) is 0.815. The van der Waals surface area contributed by atoms with Crippen molar-refractivity contribution in [2.24, 2.45) is 0 Å².